The minimum atomic E-state index is -3.27. The van der Waals surface area contributed by atoms with Crippen molar-refractivity contribution in [3.63, 3.8) is 0 Å². The summed E-state index contributed by atoms with van der Waals surface area (Å²) in [5.41, 5.74) is 6.92. The van der Waals surface area contributed by atoms with Gasteiger partial charge in [-0.1, -0.05) is 49.6 Å². The number of halogens is 2. The van der Waals surface area contributed by atoms with Crippen LogP contribution in [-0.2, 0) is 16.0 Å². The number of nitrogens with one attached hydrogen (secondary N) is 3. The highest BCUT2D eigenvalue weighted by atomic mass is 19.3. The molecule has 1 aliphatic carbocycles. The lowest BCUT2D eigenvalue weighted by Gasteiger charge is -2.37. The standard InChI is InChI=1S/C23H34F2N4O2/c24-23(25,15-28-22(31)19-12-7-13-27-19)20(17-10-5-2-6-11-17)29-21(30)18(26)14-16-8-3-1-4-9-16/h1,3-4,8-9,17-20,27H,2,5-7,10-15,26H2,(H,28,31)(H,29,30)/t18-,19+,20-/m1/s1. The van der Waals surface area contributed by atoms with Crippen LogP contribution in [0.5, 0.6) is 0 Å². The molecule has 6 nitrogen and oxygen atoms in total. The minimum absolute atomic E-state index is 0.277. The highest BCUT2D eigenvalue weighted by Gasteiger charge is 2.46. The molecule has 172 valence electrons. The van der Waals surface area contributed by atoms with Gasteiger partial charge in [0.1, 0.15) is 0 Å². The molecule has 1 heterocycles. The van der Waals surface area contributed by atoms with Crippen LogP contribution in [0.4, 0.5) is 8.78 Å². The van der Waals surface area contributed by atoms with Gasteiger partial charge < -0.3 is 21.7 Å². The number of rotatable bonds is 9. The molecule has 0 radical (unpaired) electrons. The molecule has 1 saturated carbocycles. The number of hydrogen-bond donors (Lipinski definition) is 4. The first-order chi connectivity index (χ1) is 14.9. The van der Waals surface area contributed by atoms with Gasteiger partial charge in [-0.05, 0) is 50.1 Å². The van der Waals surface area contributed by atoms with Crippen LogP contribution in [0, 0.1) is 5.92 Å². The average Bonchev–Trinajstić information content (AvgIpc) is 3.32. The third-order valence-corrected chi connectivity index (χ3v) is 6.38. The van der Waals surface area contributed by atoms with Crippen LogP contribution in [-0.4, -0.2) is 49.0 Å². The molecule has 1 aromatic carbocycles. The summed E-state index contributed by atoms with van der Waals surface area (Å²) in [6.45, 7) is -0.0755. The first-order valence-corrected chi connectivity index (χ1v) is 11.4. The second-order valence-corrected chi connectivity index (χ2v) is 8.81. The number of carbonyl (C=O) groups is 2. The maximum atomic E-state index is 15.3. The van der Waals surface area contributed by atoms with Crippen molar-refractivity contribution in [1.82, 2.24) is 16.0 Å². The zero-order valence-electron chi connectivity index (χ0n) is 17.9. The van der Waals surface area contributed by atoms with E-state index in [-0.39, 0.29) is 12.3 Å². The summed E-state index contributed by atoms with van der Waals surface area (Å²) < 4.78 is 30.6. The fourth-order valence-electron chi connectivity index (χ4n) is 4.60. The van der Waals surface area contributed by atoms with Crippen LogP contribution < -0.4 is 21.7 Å². The van der Waals surface area contributed by atoms with Crippen LogP contribution in [0.25, 0.3) is 0 Å². The first-order valence-electron chi connectivity index (χ1n) is 11.4. The lowest BCUT2D eigenvalue weighted by Crippen LogP contribution is -2.60. The summed E-state index contributed by atoms with van der Waals surface area (Å²) in [5, 5.41) is 7.96. The van der Waals surface area contributed by atoms with Gasteiger partial charge in [-0.2, -0.15) is 0 Å². The molecule has 8 heteroatoms. The van der Waals surface area contributed by atoms with Crippen molar-refractivity contribution in [2.75, 3.05) is 13.1 Å². The quantitative estimate of drug-likeness (QED) is 0.477. The molecule has 0 bridgehead atoms. The highest BCUT2D eigenvalue weighted by molar-refractivity contribution is 5.83. The molecule has 1 aliphatic heterocycles. The molecule has 2 amide bonds. The predicted molar refractivity (Wildman–Crippen MR) is 116 cm³/mol. The average molecular weight is 437 g/mol. The van der Waals surface area contributed by atoms with Gasteiger partial charge in [0.25, 0.3) is 5.92 Å². The van der Waals surface area contributed by atoms with Crippen molar-refractivity contribution in [3.05, 3.63) is 35.9 Å². The van der Waals surface area contributed by atoms with Crippen molar-refractivity contribution in [2.24, 2.45) is 11.7 Å². The van der Waals surface area contributed by atoms with Gasteiger partial charge in [-0.15, -0.1) is 0 Å². The fourth-order valence-corrected chi connectivity index (χ4v) is 4.60. The van der Waals surface area contributed by atoms with Gasteiger partial charge in [0.05, 0.1) is 24.7 Å². The zero-order valence-corrected chi connectivity index (χ0v) is 17.9. The predicted octanol–water partition coefficient (Wildman–Crippen LogP) is 2.12. The molecule has 0 unspecified atom stereocenters. The van der Waals surface area contributed by atoms with E-state index < -0.39 is 42.4 Å². The van der Waals surface area contributed by atoms with Crippen LogP contribution >= 0.6 is 0 Å². The van der Waals surface area contributed by atoms with Crippen molar-refractivity contribution < 1.29 is 18.4 Å². The monoisotopic (exact) mass is 436 g/mol. The van der Waals surface area contributed by atoms with E-state index in [0.717, 1.165) is 31.2 Å². The molecule has 2 aliphatic rings. The number of benzene rings is 1. The molecule has 5 N–H and O–H groups in total. The Hall–Kier alpha value is -2.06. The van der Waals surface area contributed by atoms with E-state index in [1.54, 1.807) is 0 Å². The summed E-state index contributed by atoms with van der Waals surface area (Å²) in [6, 6.07) is 6.59. The third-order valence-electron chi connectivity index (χ3n) is 6.38. The van der Waals surface area contributed by atoms with Gasteiger partial charge in [0.15, 0.2) is 0 Å². The summed E-state index contributed by atoms with van der Waals surface area (Å²) in [4.78, 5) is 24.9. The van der Waals surface area contributed by atoms with E-state index in [4.69, 9.17) is 5.73 Å². The maximum absolute atomic E-state index is 15.3. The Morgan fingerprint density at radius 2 is 1.81 bits per heavy atom. The topological polar surface area (TPSA) is 96.2 Å². The Labute approximate surface area is 182 Å². The lowest BCUT2D eigenvalue weighted by molar-refractivity contribution is -0.131. The SMILES string of the molecule is N[C@H](Cc1ccccc1)C(=O)N[C@H](C1CCCCC1)C(F)(F)CNC(=O)[C@@H]1CCCN1. The lowest BCUT2D eigenvalue weighted by atomic mass is 9.81. The summed E-state index contributed by atoms with van der Waals surface area (Å²) in [5.74, 6) is -4.59. The Kier molecular flexibility index (Phi) is 8.37. The summed E-state index contributed by atoms with van der Waals surface area (Å²) in [7, 11) is 0. The largest absolute Gasteiger partial charge is 0.349 e. The van der Waals surface area contributed by atoms with Crippen LogP contribution in [0.1, 0.15) is 50.5 Å². The van der Waals surface area contributed by atoms with Crippen LogP contribution in [0.2, 0.25) is 0 Å². The molecule has 2 fully saturated rings. The first kappa shape index (κ1) is 23.6. The van der Waals surface area contributed by atoms with E-state index >= 15 is 8.78 Å². The fraction of sp³-hybridized carbons (Fsp3) is 0.652. The molecular weight excluding hydrogens is 402 g/mol. The normalized spacial score (nSPS) is 22.0. The van der Waals surface area contributed by atoms with E-state index in [9.17, 15) is 9.59 Å². The van der Waals surface area contributed by atoms with Gasteiger partial charge in [-0.25, -0.2) is 8.78 Å². The summed E-state index contributed by atoms with van der Waals surface area (Å²) in [6.07, 6.45) is 5.78. The van der Waals surface area contributed by atoms with E-state index in [2.05, 4.69) is 16.0 Å². The molecule has 3 rings (SSSR count). The molecule has 1 aromatic rings. The molecular formula is C23H34F2N4O2. The van der Waals surface area contributed by atoms with E-state index in [0.29, 0.717) is 25.8 Å². The van der Waals surface area contributed by atoms with Crippen molar-refractivity contribution in [3.8, 4) is 0 Å². The second kappa shape index (κ2) is 11.0. The number of carbonyl (C=O) groups excluding carboxylic acids is 2. The van der Waals surface area contributed by atoms with Gasteiger partial charge in [0, 0.05) is 0 Å². The minimum Gasteiger partial charge on any atom is -0.349 e. The molecule has 3 atom stereocenters. The van der Waals surface area contributed by atoms with Crippen LogP contribution in [0.15, 0.2) is 30.3 Å². The molecule has 31 heavy (non-hydrogen) atoms. The van der Waals surface area contributed by atoms with Crippen molar-refractivity contribution >= 4 is 11.8 Å². The summed E-state index contributed by atoms with van der Waals surface area (Å²) >= 11 is 0. The third kappa shape index (κ3) is 6.71. The zero-order chi connectivity index (χ0) is 22.3. The smallest absolute Gasteiger partial charge is 0.285 e. The Bertz CT molecular complexity index is 720. The second-order valence-electron chi connectivity index (χ2n) is 8.81. The van der Waals surface area contributed by atoms with Gasteiger partial charge >= 0.3 is 0 Å². The van der Waals surface area contributed by atoms with Gasteiger partial charge in [0.2, 0.25) is 11.8 Å². The Morgan fingerprint density at radius 1 is 1.10 bits per heavy atom. The van der Waals surface area contributed by atoms with Gasteiger partial charge in [-0.3, -0.25) is 9.59 Å². The molecule has 0 aromatic heterocycles. The molecule has 1 saturated heterocycles. The molecule has 0 spiro atoms. The van der Waals surface area contributed by atoms with Crippen molar-refractivity contribution in [2.45, 2.75) is 75.4 Å². The Morgan fingerprint density at radius 3 is 2.45 bits per heavy atom. The van der Waals surface area contributed by atoms with E-state index in [1.165, 1.54) is 0 Å². The number of amides is 2. The highest BCUT2D eigenvalue weighted by Crippen LogP contribution is 2.34. The number of hydrogen-bond acceptors (Lipinski definition) is 4. The number of nitrogens with two attached hydrogens (primary N) is 1. The van der Waals surface area contributed by atoms with Crippen LogP contribution in [0.3, 0.4) is 0 Å². The Balaban J connectivity index is 1.64. The van der Waals surface area contributed by atoms with E-state index in [1.807, 2.05) is 30.3 Å². The maximum Gasteiger partial charge on any atom is 0.285 e. The number of alkyl halides is 2. The van der Waals surface area contributed by atoms with Crippen molar-refractivity contribution in [1.29, 1.82) is 0 Å².